The van der Waals surface area contributed by atoms with Crippen molar-refractivity contribution in [1.82, 2.24) is 15.2 Å². The Labute approximate surface area is 173 Å². The van der Waals surface area contributed by atoms with Crippen molar-refractivity contribution in [1.29, 1.82) is 0 Å². The Balaban J connectivity index is 1.56. The van der Waals surface area contributed by atoms with Crippen LogP contribution in [0.15, 0.2) is 53.9 Å². The number of carbonyl (C=O) groups is 2. The van der Waals surface area contributed by atoms with Crippen molar-refractivity contribution in [3.05, 3.63) is 70.7 Å². The Morgan fingerprint density at radius 3 is 2.66 bits per heavy atom. The van der Waals surface area contributed by atoms with Crippen LogP contribution in [0.3, 0.4) is 0 Å². The van der Waals surface area contributed by atoms with Gasteiger partial charge >= 0.3 is 6.03 Å². The number of methoxy groups -OCH3 is 1. The van der Waals surface area contributed by atoms with Crippen LogP contribution >= 0.6 is 11.3 Å². The number of hydrogen-bond acceptors (Lipinski definition) is 5. The molecule has 4 rings (SSSR count). The minimum Gasteiger partial charge on any atom is -0.497 e. The number of urea groups is 1. The highest BCUT2D eigenvalue weighted by Crippen LogP contribution is 2.32. The second-order valence-electron chi connectivity index (χ2n) is 7.19. The van der Waals surface area contributed by atoms with E-state index in [1.165, 1.54) is 21.8 Å². The number of hydrogen-bond donors (Lipinski definition) is 1. The van der Waals surface area contributed by atoms with E-state index in [0.717, 1.165) is 10.6 Å². The zero-order chi connectivity index (χ0) is 20.6. The second kappa shape index (κ2) is 7.33. The van der Waals surface area contributed by atoms with Crippen LogP contribution in [0.4, 0.5) is 4.79 Å². The molecule has 1 N–H and O–H groups in total. The Bertz CT molecular complexity index is 1080. The van der Waals surface area contributed by atoms with Gasteiger partial charge in [0.15, 0.2) is 0 Å². The lowest BCUT2D eigenvalue weighted by Gasteiger charge is -2.22. The molecule has 0 unspecified atom stereocenters. The maximum Gasteiger partial charge on any atom is 0.325 e. The number of imide groups is 1. The number of carbonyl (C=O) groups excluding carboxylic acids is 2. The molecule has 1 atom stereocenters. The van der Waals surface area contributed by atoms with Gasteiger partial charge in [0.1, 0.15) is 16.3 Å². The van der Waals surface area contributed by atoms with Crippen molar-refractivity contribution in [2.24, 2.45) is 0 Å². The number of thiazole rings is 1. The molecule has 6 nitrogen and oxygen atoms in total. The van der Waals surface area contributed by atoms with Crippen molar-refractivity contribution >= 4 is 23.3 Å². The van der Waals surface area contributed by atoms with Crippen molar-refractivity contribution in [3.8, 4) is 16.3 Å². The van der Waals surface area contributed by atoms with E-state index < -0.39 is 11.6 Å². The fourth-order valence-electron chi connectivity index (χ4n) is 3.34. The lowest BCUT2D eigenvalue weighted by Crippen LogP contribution is -2.40. The van der Waals surface area contributed by atoms with Crippen LogP contribution in [0.5, 0.6) is 5.75 Å². The number of nitrogens with zero attached hydrogens (tertiary/aromatic N) is 2. The minimum absolute atomic E-state index is 0.132. The number of ether oxygens (including phenoxy) is 1. The van der Waals surface area contributed by atoms with Gasteiger partial charge in [0.25, 0.3) is 5.91 Å². The summed E-state index contributed by atoms with van der Waals surface area (Å²) in [6.45, 7) is 3.88. The molecule has 0 saturated carbocycles. The molecule has 0 bridgehead atoms. The zero-order valence-electron chi connectivity index (χ0n) is 16.4. The predicted octanol–water partition coefficient (Wildman–Crippen LogP) is 4.09. The van der Waals surface area contributed by atoms with Crippen LogP contribution < -0.4 is 10.1 Å². The molecule has 2 aromatic carbocycles. The minimum atomic E-state index is -1.14. The van der Waals surface area contributed by atoms with Crippen LogP contribution in [-0.2, 0) is 16.9 Å². The third-order valence-corrected chi connectivity index (χ3v) is 6.03. The Morgan fingerprint density at radius 1 is 1.17 bits per heavy atom. The largest absolute Gasteiger partial charge is 0.497 e. The van der Waals surface area contributed by atoms with E-state index in [1.54, 1.807) is 32.2 Å². The SMILES string of the molecule is COc1cccc([C@]2(C)NC(=O)N(Cc3csc(-c4ccc(C)cc4)n3)C2=O)c1. The topological polar surface area (TPSA) is 71.5 Å². The van der Waals surface area contributed by atoms with Gasteiger partial charge in [0, 0.05) is 10.9 Å². The molecule has 29 heavy (non-hydrogen) atoms. The van der Waals surface area contributed by atoms with Gasteiger partial charge in [-0.3, -0.25) is 9.69 Å². The zero-order valence-corrected chi connectivity index (χ0v) is 17.2. The number of benzene rings is 2. The summed E-state index contributed by atoms with van der Waals surface area (Å²) in [6.07, 6.45) is 0. The van der Waals surface area contributed by atoms with Crippen molar-refractivity contribution < 1.29 is 14.3 Å². The number of amides is 3. The van der Waals surface area contributed by atoms with Gasteiger partial charge in [0.2, 0.25) is 0 Å². The van der Waals surface area contributed by atoms with Crippen LogP contribution in [-0.4, -0.2) is 28.9 Å². The summed E-state index contributed by atoms with van der Waals surface area (Å²) in [5.74, 6) is 0.326. The summed E-state index contributed by atoms with van der Waals surface area (Å²) in [7, 11) is 1.57. The normalized spacial score (nSPS) is 18.8. The average Bonchev–Trinajstić information content (AvgIpc) is 3.28. The van der Waals surface area contributed by atoms with Gasteiger partial charge in [0.05, 0.1) is 19.3 Å². The molecular formula is C22H21N3O3S. The molecule has 1 aliphatic heterocycles. The Morgan fingerprint density at radius 2 is 1.93 bits per heavy atom. The standard InChI is InChI=1S/C22H21N3O3S/c1-14-7-9-15(10-8-14)19-23-17(13-29-19)12-25-20(26)22(2,24-21(25)27)16-5-4-6-18(11-16)28-3/h4-11,13H,12H2,1-3H3,(H,24,27)/t22-/m0/s1. The highest BCUT2D eigenvalue weighted by molar-refractivity contribution is 7.13. The summed E-state index contributed by atoms with van der Waals surface area (Å²) in [6, 6.07) is 14.9. The molecule has 7 heteroatoms. The lowest BCUT2D eigenvalue weighted by molar-refractivity contribution is -0.131. The molecule has 2 heterocycles. The van der Waals surface area contributed by atoms with Crippen LogP contribution in [0, 0.1) is 6.92 Å². The summed E-state index contributed by atoms with van der Waals surface area (Å²) in [4.78, 5) is 31.5. The van der Waals surface area contributed by atoms with Crippen molar-refractivity contribution in [2.75, 3.05) is 7.11 Å². The fourth-order valence-corrected chi connectivity index (χ4v) is 4.16. The first-order chi connectivity index (χ1) is 13.9. The van der Waals surface area contributed by atoms with Gasteiger partial charge in [-0.25, -0.2) is 9.78 Å². The maximum atomic E-state index is 13.1. The van der Waals surface area contributed by atoms with Gasteiger partial charge < -0.3 is 10.1 Å². The highest BCUT2D eigenvalue weighted by Gasteiger charge is 2.49. The first kappa shape index (κ1) is 19.1. The van der Waals surface area contributed by atoms with E-state index in [4.69, 9.17) is 4.74 Å². The third-order valence-electron chi connectivity index (χ3n) is 5.09. The summed E-state index contributed by atoms with van der Waals surface area (Å²) in [5, 5.41) is 5.57. The van der Waals surface area contributed by atoms with Gasteiger partial charge in [-0.05, 0) is 31.5 Å². The molecule has 1 aliphatic rings. The first-order valence-corrected chi connectivity index (χ1v) is 10.1. The smallest absolute Gasteiger partial charge is 0.325 e. The van der Waals surface area contributed by atoms with E-state index in [9.17, 15) is 9.59 Å². The third kappa shape index (κ3) is 3.49. The molecule has 3 aromatic rings. The van der Waals surface area contributed by atoms with Crippen LogP contribution in [0.1, 0.15) is 23.7 Å². The van der Waals surface area contributed by atoms with E-state index in [-0.39, 0.29) is 12.5 Å². The molecule has 0 radical (unpaired) electrons. The molecule has 1 aromatic heterocycles. The summed E-state index contributed by atoms with van der Waals surface area (Å²) < 4.78 is 5.25. The summed E-state index contributed by atoms with van der Waals surface area (Å²) in [5.41, 5.74) is 2.42. The van der Waals surface area contributed by atoms with Gasteiger partial charge in [-0.2, -0.15) is 0 Å². The van der Waals surface area contributed by atoms with Crippen LogP contribution in [0.2, 0.25) is 0 Å². The van der Waals surface area contributed by atoms with Gasteiger partial charge in [-0.1, -0.05) is 42.0 Å². The van der Waals surface area contributed by atoms with E-state index in [1.807, 2.05) is 42.6 Å². The number of aryl methyl sites for hydroxylation is 1. The molecule has 3 amide bonds. The van der Waals surface area contributed by atoms with Gasteiger partial charge in [-0.15, -0.1) is 11.3 Å². The second-order valence-corrected chi connectivity index (χ2v) is 8.05. The monoisotopic (exact) mass is 407 g/mol. The lowest BCUT2D eigenvalue weighted by atomic mass is 9.92. The molecule has 0 aliphatic carbocycles. The van der Waals surface area contributed by atoms with E-state index in [0.29, 0.717) is 17.0 Å². The number of nitrogens with one attached hydrogen (secondary N) is 1. The summed E-state index contributed by atoms with van der Waals surface area (Å²) >= 11 is 1.50. The molecule has 148 valence electrons. The molecular weight excluding hydrogens is 386 g/mol. The maximum absolute atomic E-state index is 13.1. The van der Waals surface area contributed by atoms with Crippen molar-refractivity contribution in [3.63, 3.8) is 0 Å². The highest BCUT2D eigenvalue weighted by atomic mass is 32.1. The molecule has 1 fully saturated rings. The van der Waals surface area contributed by atoms with E-state index in [2.05, 4.69) is 10.3 Å². The van der Waals surface area contributed by atoms with Crippen molar-refractivity contribution in [2.45, 2.75) is 25.9 Å². The molecule has 1 saturated heterocycles. The predicted molar refractivity (Wildman–Crippen MR) is 112 cm³/mol. The van der Waals surface area contributed by atoms with Crippen LogP contribution in [0.25, 0.3) is 10.6 Å². The van der Waals surface area contributed by atoms with E-state index >= 15 is 0 Å². The number of aromatic nitrogens is 1. The number of rotatable bonds is 5. The first-order valence-electron chi connectivity index (χ1n) is 9.21. The Kier molecular flexibility index (Phi) is 4.84. The quantitative estimate of drug-likeness (QED) is 0.647. The Hall–Kier alpha value is -3.19. The molecule has 0 spiro atoms. The average molecular weight is 407 g/mol. The fraction of sp³-hybridized carbons (Fsp3) is 0.227.